The highest BCUT2D eigenvalue weighted by Gasteiger charge is 2.35. The number of halogens is 1. The van der Waals surface area contributed by atoms with Gasteiger partial charge in [-0.25, -0.2) is 9.78 Å². The van der Waals surface area contributed by atoms with Crippen LogP contribution in [0, 0.1) is 0 Å². The molecule has 174 valence electrons. The van der Waals surface area contributed by atoms with Crippen molar-refractivity contribution in [1.82, 2.24) is 4.98 Å². The van der Waals surface area contributed by atoms with Crippen LogP contribution in [0.15, 0.2) is 84.2 Å². The summed E-state index contributed by atoms with van der Waals surface area (Å²) < 4.78 is 5.05. The van der Waals surface area contributed by atoms with E-state index in [2.05, 4.69) is 4.98 Å². The molecule has 35 heavy (non-hydrogen) atoms. The summed E-state index contributed by atoms with van der Waals surface area (Å²) in [5, 5.41) is 2.96. The molecule has 1 aromatic heterocycles. The van der Waals surface area contributed by atoms with Crippen molar-refractivity contribution >= 4 is 51.6 Å². The van der Waals surface area contributed by atoms with Gasteiger partial charge in [-0.2, -0.15) is 0 Å². The number of benzene rings is 3. The molecule has 0 spiro atoms. The van der Waals surface area contributed by atoms with Crippen molar-refractivity contribution in [3.05, 3.63) is 117 Å². The van der Waals surface area contributed by atoms with Crippen LogP contribution in [0.5, 0.6) is 0 Å². The van der Waals surface area contributed by atoms with E-state index < -0.39 is 5.97 Å². The fraction of sp³-hybridized carbons (Fsp3) is 0.107. The molecule has 2 heterocycles. The molecule has 0 saturated heterocycles. The average molecular weight is 501 g/mol. The van der Waals surface area contributed by atoms with Crippen LogP contribution in [0.25, 0.3) is 11.1 Å². The Bertz CT molecular complexity index is 1430. The quantitative estimate of drug-likeness (QED) is 0.224. The van der Waals surface area contributed by atoms with Gasteiger partial charge >= 0.3 is 5.97 Å². The minimum absolute atomic E-state index is 0.118. The van der Waals surface area contributed by atoms with Crippen LogP contribution in [0.3, 0.4) is 0 Å². The third-order valence-electron chi connectivity index (χ3n) is 5.70. The van der Waals surface area contributed by atoms with E-state index in [1.54, 1.807) is 17.2 Å². The number of hydrogen-bond acceptors (Lipinski definition) is 5. The van der Waals surface area contributed by atoms with E-state index in [0.717, 1.165) is 28.0 Å². The summed E-state index contributed by atoms with van der Waals surface area (Å²) in [6.45, 7) is 2.29. The van der Waals surface area contributed by atoms with Crippen molar-refractivity contribution in [3.63, 3.8) is 0 Å². The Morgan fingerprint density at radius 1 is 0.971 bits per heavy atom. The number of thiazole rings is 1. The van der Waals surface area contributed by atoms with E-state index in [1.807, 2.05) is 78.9 Å². The van der Waals surface area contributed by atoms with Crippen molar-refractivity contribution in [2.45, 2.75) is 13.5 Å². The molecule has 0 radical (unpaired) electrons. The Hall–Kier alpha value is -3.74. The molecule has 5 nitrogen and oxygen atoms in total. The molecule has 1 aliphatic rings. The van der Waals surface area contributed by atoms with E-state index in [4.69, 9.17) is 16.3 Å². The van der Waals surface area contributed by atoms with Crippen molar-refractivity contribution in [3.8, 4) is 0 Å². The molecule has 0 saturated carbocycles. The van der Waals surface area contributed by atoms with E-state index in [-0.39, 0.29) is 24.8 Å². The van der Waals surface area contributed by atoms with Gasteiger partial charge in [-0.3, -0.25) is 4.79 Å². The lowest BCUT2D eigenvalue weighted by Gasteiger charge is -2.16. The second-order valence-corrected chi connectivity index (χ2v) is 9.26. The van der Waals surface area contributed by atoms with E-state index in [0.29, 0.717) is 15.6 Å². The third kappa shape index (κ3) is 4.50. The topological polar surface area (TPSA) is 59.5 Å². The number of nitrogens with zero attached hydrogens (tertiary/aromatic N) is 2. The predicted molar refractivity (Wildman–Crippen MR) is 140 cm³/mol. The second kappa shape index (κ2) is 9.86. The molecule has 1 aliphatic heterocycles. The number of carbonyl (C=O) groups excluding carboxylic acids is 2. The fourth-order valence-corrected chi connectivity index (χ4v) is 5.05. The van der Waals surface area contributed by atoms with Crippen LogP contribution in [-0.2, 0) is 16.1 Å². The number of aromatic nitrogens is 1. The molecule has 0 fully saturated rings. The lowest BCUT2D eigenvalue weighted by Crippen LogP contribution is -2.26. The van der Waals surface area contributed by atoms with Crippen molar-refractivity contribution < 1.29 is 14.3 Å². The number of hydrogen-bond donors (Lipinski definition) is 0. The molecule has 3 aromatic carbocycles. The second-order valence-electron chi connectivity index (χ2n) is 7.88. The van der Waals surface area contributed by atoms with Crippen LogP contribution in [0.4, 0.5) is 5.69 Å². The first-order chi connectivity index (χ1) is 17.1. The van der Waals surface area contributed by atoms with Gasteiger partial charge in [0.1, 0.15) is 5.01 Å². The normalized spacial score (nSPS) is 14.1. The van der Waals surface area contributed by atoms with Crippen molar-refractivity contribution in [2.75, 3.05) is 11.5 Å². The summed E-state index contributed by atoms with van der Waals surface area (Å²) in [6.07, 6.45) is 0. The molecule has 0 N–H and O–H groups in total. The summed E-state index contributed by atoms with van der Waals surface area (Å²) >= 11 is 7.49. The Morgan fingerprint density at radius 3 is 2.40 bits per heavy atom. The molecule has 1 amide bonds. The highest BCUT2D eigenvalue weighted by molar-refractivity contribution is 7.09. The van der Waals surface area contributed by atoms with Gasteiger partial charge in [-0.1, -0.05) is 72.3 Å². The zero-order chi connectivity index (χ0) is 24.4. The van der Waals surface area contributed by atoms with Crippen molar-refractivity contribution in [1.29, 1.82) is 0 Å². The first-order valence-corrected chi connectivity index (χ1v) is 12.4. The lowest BCUT2D eigenvalue weighted by atomic mass is 9.90. The van der Waals surface area contributed by atoms with Gasteiger partial charge in [-0.15, -0.1) is 11.3 Å². The van der Waals surface area contributed by atoms with Crippen LogP contribution >= 0.6 is 22.9 Å². The number of fused-ring (bicyclic) bond motifs is 1. The Morgan fingerprint density at radius 2 is 1.66 bits per heavy atom. The summed E-state index contributed by atoms with van der Waals surface area (Å²) in [5.41, 5.74) is 5.22. The fourth-order valence-electron chi connectivity index (χ4n) is 4.17. The van der Waals surface area contributed by atoms with Crippen LogP contribution in [0.1, 0.15) is 39.1 Å². The predicted octanol–water partition coefficient (Wildman–Crippen LogP) is 6.48. The van der Waals surface area contributed by atoms with Gasteiger partial charge in [0.2, 0.25) is 0 Å². The Labute approximate surface area is 212 Å². The standard InChI is InChI=1S/C28H21ClN2O3S/c1-2-34-28(33)22-17-35-24(30-22)16-31-23-11-7-6-10-21(23)26(27(31)32)25(18-8-4-3-5-9-18)19-12-14-20(29)15-13-19/h3-15,17H,2,16H2,1H3/b26-25+. The maximum atomic E-state index is 14.0. The molecule has 0 aliphatic carbocycles. The summed E-state index contributed by atoms with van der Waals surface area (Å²) in [4.78, 5) is 32.2. The van der Waals surface area contributed by atoms with Gasteiger partial charge in [0.25, 0.3) is 5.91 Å². The van der Waals surface area contributed by atoms with Gasteiger partial charge < -0.3 is 9.64 Å². The van der Waals surface area contributed by atoms with E-state index in [9.17, 15) is 9.59 Å². The Kier molecular flexibility index (Phi) is 6.49. The lowest BCUT2D eigenvalue weighted by molar-refractivity contribution is -0.113. The monoisotopic (exact) mass is 500 g/mol. The van der Waals surface area contributed by atoms with Crippen molar-refractivity contribution in [2.24, 2.45) is 0 Å². The van der Waals surface area contributed by atoms with Gasteiger partial charge in [0, 0.05) is 21.5 Å². The van der Waals surface area contributed by atoms with Crippen LogP contribution in [0.2, 0.25) is 5.02 Å². The number of amides is 1. The summed E-state index contributed by atoms with van der Waals surface area (Å²) in [5.74, 6) is -0.578. The zero-order valence-corrected chi connectivity index (χ0v) is 20.5. The van der Waals surface area contributed by atoms with E-state index in [1.165, 1.54) is 11.3 Å². The highest BCUT2D eigenvalue weighted by atomic mass is 35.5. The summed E-state index contributed by atoms with van der Waals surface area (Å²) in [6, 6.07) is 25.1. The first kappa shape index (κ1) is 23.0. The maximum absolute atomic E-state index is 14.0. The number of ether oxygens (including phenoxy) is 1. The number of rotatable bonds is 6. The molecular formula is C28H21ClN2O3S. The molecular weight excluding hydrogens is 480 g/mol. The third-order valence-corrected chi connectivity index (χ3v) is 6.78. The maximum Gasteiger partial charge on any atom is 0.357 e. The smallest absolute Gasteiger partial charge is 0.357 e. The summed E-state index contributed by atoms with van der Waals surface area (Å²) in [7, 11) is 0. The Balaban J connectivity index is 1.62. The average Bonchev–Trinajstić information content (AvgIpc) is 3.46. The largest absolute Gasteiger partial charge is 0.461 e. The number of esters is 1. The number of carbonyl (C=O) groups is 2. The zero-order valence-electron chi connectivity index (χ0n) is 18.9. The molecule has 0 atom stereocenters. The van der Waals surface area contributed by atoms with Crippen LogP contribution < -0.4 is 4.90 Å². The molecule has 0 bridgehead atoms. The molecule has 0 unspecified atom stereocenters. The first-order valence-electron chi connectivity index (χ1n) is 11.1. The SMILES string of the molecule is CCOC(=O)c1csc(CN2C(=O)/C(=C(\c3ccccc3)c3ccc(Cl)cc3)c3ccccc32)n1. The molecule has 4 aromatic rings. The number of para-hydroxylation sites is 1. The molecule has 5 rings (SSSR count). The minimum Gasteiger partial charge on any atom is -0.461 e. The van der Waals surface area contributed by atoms with Crippen LogP contribution in [-0.4, -0.2) is 23.5 Å². The van der Waals surface area contributed by atoms with Gasteiger partial charge in [-0.05, 0) is 36.2 Å². The highest BCUT2D eigenvalue weighted by Crippen LogP contribution is 2.43. The van der Waals surface area contributed by atoms with Gasteiger partial charge in [0.05, 0.1) is 24.4 Å². The number of anilines is 1. The molecule has 7 heteroatoms. The minimum atomic E-state index is -0.460. The van der Waals surface area contributed by atoms with Gasteiger partial charge in [0.15, 0.2) is 5.69 Å². The van der Waals surface area contributed by atoms with E-state index >= 15 is 0 Å².